The van der Waals surface area contributed by atoms with Crippen LogP contribution in [0.5, 0.6) is 0 Å². The maximum Gasteiger partial charge on any atom is 0.410 e. The summed E-state index contributed by atoms with van der Waals surface area (Å²) in [6, 6.07) is 13.6. The van der Waals surface area contributed by atoms with Crippen molar-refractivity contribution in [3.8, 4) is 0 Å². The van der Waals surface area contributed by atoms with E-state index in [1.54, 1.807) is 34.1 Å². The highest BCUT2D eigenvalue weighted by Gasteiger charge is 2.62. The van der Waals surface area contributed by atoms with Crippen LogP contribution in [0, 0.1) is 5.41 Å². The molecule has 0 radical (unpaired) electrons. The van der Waals surface area contributed by atoms with Gasteiger partial charge in [-0.05, 0) is 75.6 Å². The molecule has 2 aromatic carbocycles. The van der Waals surface area contributed by atoms with Crippen molar-refractivity contribution in [3.05, 3.63) is 59.1 Å². The Hall–Kier alpha value is -2.58. The molecule has 1 atom stereocenters. The molecule has 2 fully saturated rings. The van der Waals surface area contributed by atoms with Crippen LogP contribution in [0.2, 0.25) is 5.02 Å². The number of carbonyl (C=O) groups excluding carboxylic acids is 2. The first-order chi connectivity index (χ1) is 15.8. The van der Waals surface area contributed by atoms with E-state index in [9.17, 15) is 18.0 Å². The van der Waals surface area contributed by atoms with Crippen molar-refractivity contribution in [2.75, 3.05) is 24.2 Å². The van der Waals surface area contributed by atoms with Gasteiger partial charge in [-0.2, -0.15) is 0 Å². The number of amides is 2. The number of halogens is 1. The Kier molecular flexibility index (Phi) is 6.19. The number of ether oxygens (including phenoxy) is 1. The highest BCUT2D eigenvalue weighted by Crippen LogP contribution is 2.57. The molecule has 4 rings (SSSR count). The minimum Gasteiger partial charge on any atom is -0.444 e. The van der Waals surface area contributed by atoms with Crippen LogP contribution in [-0.4, -0.2) is 50.3 Å². The second-order valence-corrected chi connectivity index (χ2v) is 12.5. The number of carbonyl (C=O) groups is 2. The Morgan fingerprint density at radius 1 is 1.03 bits per heavy atom. The number of anilines is 1. The summed E-state index contributed by atoms with van der Waals surface area (Å²) >= 11 is 6.11. The Bertz CT molecular complexity index is 1200. The number of sulfone groups is 1. The second kappa shape index (κ2) is 8.57. The van der Waals surface area contributed by atoms with E-state index in [1.807, 2.05) is 32.9 Å². The fourth-order valence-electron chi connectivity index (χ4n) is 4.79. The number of rotatable bonds is 3. The van der Waals surface area contributed by atoms with E-state index in [-0.39, 0.29) is 22.9 Å². The largest absolute Gasteiger partial charge is 0.444 e. The molecule has 9 heteroatoms. The molecule has 182 valence electrons. The molecule has 2 aliphatic heterocycles. The maximum absolute atomic E-state index is 13.6. The van der Waals surface area contributed by atoms with Crippen molar-refractivity contribution in [1.82, 2.24) is 4.90 Å². The molecule has 1 unspecified atom stereocenters. The molecule has 2 saturated heterocycles. The summed E-state index contributed by atoms with van der Waals surface area (Å²) < 4.78 is 29.2. The first-order valence-corrected chi connectivity index (χ1v) is 13.5. The van der Waals surface area contributed by atoms with Crippen molar-refractivity contribution >= 4 is 39.1 Å². The Balaban J connectivity index is 1.63. The van der Waals surface area contributed by atoms with Crippen LogP contribution in [0.15, 0.2) is 53.4 Å². The fourth-order valence-corrected chi connectivity index (χ4v) is 5.55. The minimum absolute atomic E-state index is 0.0246. The summed E-state index contributed by atoms with van der Waals surface area (Å²) in [5.74, 6) is -0.0246. The number of hydrogen-bond donors (Lipinski definition) is 0. The van der Waals surface area contributed by atoms with Gasteiger partial charge >= 0.3 is 6.09 Å². The zero-order chi connectivity index (χ0) is 24.9. The van der Waals surface area contributed by atoms with E-state index >= 15 is 0 Å². The number of nitrogens with zero attached hydrogens (tertiary/aromatic N) is 2. The van der Waals surface area contributed by atoms with Gasteiger partial charge in [0.25, 0.3) is 0 Å². The summed E-state index contributed by atoms with van der Waals surface area (Å²) in [7, 11) is -3.34. The van der Waals surface area contributed by atoms with E-state index in [4.69, 9.17) is 16.3 Å². The molecule has 7 nitrogen and oxygen atoms in total. The van der Waals surface area contributed by atoms with Gasteiger partial charge < -0.3 is 14.5 Å². The number of β-lactam (4-membered cyclic amide) rings is 1. The van der Waals surface area contributed by atoms with Crippen LogP contribution < -0.4 is 4.90 Å². The van der Waals surface area contributed by atoms with E-state index in [2.05, 4.69) is 0 Å². The van der Waals surface area contributed by atoms with Crippen molar-refractivity contribution < 1.29 is 22.7 Å². The zero-order valence-electron chi connectivity index (χ0n) is 19.7. The lowest BCUT2D eigenvalue weighted by atomic mass is 9.62. The Morgan fingerprint density at radius 2 is 1.59 bits per heavy atom. The van der Waals surface area contributed by atoms with Gasteiger partial charge in [0.15, 0.2) is 9.84 Å². The lowest BCUT2D eigenvalue weighted by molar-refractivity contribution is -0.144. The van der Waals surface area contributed by atoms with Crippen LogP contribution in [0.1, 0.15) is 45.2 Å². The van der Waals surface area contributed by atoms with E-state index in [1.165, 1.54) is 12.1 Å². The SMILES string of the molecule is CC(C)(C)OC(=O)N1CCC2(CC1)C(=O)N(c1ccc(S(C)(=O)=O)cc1)C2c1ccc(Cl)cc1. The molecule has 2 aromatic rings. The van der Waals surface area contributed by atoms with Gasteiger partial charge in [0, 0.05) is 30.1 Å². The second-order valence-electron chi connectivity index (χ2n) is 10.0. The molecule has 0 bridgehead atoms. The third-order valence-corrected chi connectivity index (χ3v) is 7.84. The quantitative estimate of drug-likeness (QED) is 0.558. The first-order valence-electron chi connectivity index (χ1n) is 11.2. The third-order valence-electron chi connectivity index (χ3n) is 6.46. The highest BCUT2D eigenvalue weighted by atomic mass is 35.5. The highest BCUT2D eigenvalue weighted by molar-refractivity contribution is 7.90. The smallest absolute Gasteiger partial charge is 0.410 e. The molecule has 0 saturated carbocycles. The molecule has 0 aliphatic carbocycles. The third kappa shape index (κ3) is 4.53. The van der Waals surface area contributed by atoms with Crippen molar-refractivity contribution in [2.24, 2.45) is 5.41 Å². The molecule has 2 amide bonds. The average Bonchev–Trinajstić information content (AvgIpc) is 2.76. The monoisotopic (exact) mass is 504 g/mol. The summed E-state index contributed by atoms with van der Waals surface area (Å²) in [6.07, 6.45) is 1.80. The molecule has 0 aromatic heterocycles. The summed E-state index contributed by atoms with van der Waals surface area (Å²) in [5, 5.41) is 0.604. The van der Waals surface area contributed by atoms with Crippen LogP contribution in [-0.2, 0) is 19.4 Å². The minimum atomic E-state index is -3.34. The predicted molar refractivity (Wildman–Crippen MR) is 131 cm³/mol. The van der Waals surface area contributed by atoms with E-state index in [0.29, 0.717) is 36.6 Å². The first kappa shape index (κ1) is 24.5. The van der Waals surface area contributed by atoms with Crippen molar-refractivity contribution in [2.45, 2.75) is 50.2 Å². The normalized spacial score (nSPS) is 20.3. The molecule has 2 aliphatic rings. The van der Waals surface area contributed by atoms with Crippen LogP contribution in [0.4, 0.5) is 10.5 Å². The average molecular weight is 505 g/mol. The van der Waals surface area contributed by atoms with Crippen LogP contribution >= 0.6 is 11.6 Å². The van der Waals surface area contributed by atoms with Gasteiger partial charge in [0.2, 0.25) is 5.91 Å². The van der Waals surface area contributed by atoms with Gasteiger partial charge in [0.1, 0.15) is 5.60 Å². The lowest BCUT2D eigenvalue weighted by Crippen LogP contribution is -2.67. The topological polar surface area (TPSA) is 84.0 Å². The fraction of sp³-hybridized carbons (Fsp3) is 0.440. The molecule has 0 N–H and O–H groups in total. The standard InChI is InChI=1S/C25H29ClN2O5S/c1-24(2,3)33-23(30)27-15-13-25(14-16-27)21(17-5-7-18(26)8-6-17)28(22(25)29)19-9-11-20(12-10-19)34(4,31)32/h5-12,21H,13-16H2,1-4H3. The summed E-state index contributed by atoms with van der Waals surface area (Å²) in [4.78, 5) is 29.7. The van der Waals surface area contributed by atoms with Gasteiger partial charge in [0.05, 0.1) is 16.4 Å². The Morgan fingerprint density at radius 3 is 2.09 bits per heavy atom. The number of likely N-dealkylation sites (tertiary alicyclic amines) is 1. The number of benzene rings is 2. The molecular formula is C25H29ClN2O5S. The lowest BCUT2D eigenvalue weighted by Gasteiger charge is -2.58. The number of hydrogen-bond acceptors (Lipinski definition) is 5. The van der Waals surface area contributed by atoms with Crippen LogP contribution in [0.3, 0.4) is 0 Å². The van der Waals surface area contributed by atoms with Gasteiger partial charge in [-0.3, -0.25) is 4.79 Å². The number of piperidine rings is 1. The molecule has 34 heavy (non-hydrogen) atoms. The van der Waals surface area contributed by atoms with Crippen LogP contribution in [0.25, 0.3) is 0 Å². The molecule has 2 heterocycles. The van der Waals surface area contributed by atoms with Gasteiger partial charge in [-0.1, -0.05) is 23.7 Å². The zero-order valence-corrected chi connectivity index (χ0v) is 21.3. The predicted octanol–water partition coefficient (Wildman–Crippen LogP) is 4.85. The maximum atomic E-state index is 13.6. The van der Waals surface area contributed by atoms with E-state index in [0.717, 1.165) is 11.8 Å². The van der Waals surface area contributed by atoms with Gasteiger partial charge in [-0.15, -0.1) is 0 Å². The van der Waals surface area contributed by atoms with E-state index < -0.39 is 20.9 Å². The summed E-state index contributed by atoms with van der Waals surface area (Å²) in [6.45, 7) is 6.33. The molecular weight excluding hydrogens is 476 g/mol. The Labute approximate surface area is 205 Å². The van der Waals surface area contributed by atoms with Crippen molar-refractivity contribution in [1.29, 1.82) is 0 Å². The molecule has 1 spiro atoms. The van der Waals surface area contributed by atoms with Crippen molar-refractivity contribution in [3.63, 3.8) is 0 Å². The summed E-state index contributed by atoms with van der Waals surface area (Å²) in [5.41, 5.74) is 0.348. The van der Waals surface area contributed by atoms with Gasteiger partial charge in [-0.25, -0.2) is 13.2 Å².